The van der Waals surface area contributed by atoms with E-state index in [0.29, 0.717) is 18.0 Å². The first-order valence-corrected chi connectivity index (χ1v) is 8.92. The van der Waals surface area contributed by atoms with Gasteiger partial charge in [-0.05, 0) is 57.3 Å². The van der Waals surface area contributed by atoms with Crippen molar-refractivity contribution in [2.75, 3.05) is 20.7 Å². The number of nitrogens with one attached hydrogen (secondary N) is 2. The molecule has 142 valence electrons. The Bertz CT molecular complexity index is 818. The van der Waals surface area contributed by atoms with E-state index < -0.39 is 0 Å². The first kappa shape index (κ1) is 20.1. The molecule has 0 saturated carbocycles. The molecule has 8 heteroatoms. The highest BCUT2D eigenvalue weighted by molar-refractivity contribution is 7.71. The Morgan fingerprint density at radius 2 is 1.92 bits per heavy atom. The van der Waals surface area contributed by atoms with Gasteiger partial charge in [-0.3, -0.25) is 4.79 Å². The SMILES string of the molecule is COc1ccc(-c2nn(C[NH+](C)CC(=O)NC(C)(C)C)c(=S)n2C)cc1. The third-order valence-electron chi connectivity index (χ3n) is 3.79. The van der Waals surface area contributed by atoms with Gasteiger partial charge in [0.1, 0.15) is 5.75 Å². The number of amides is 1. The fourth-order valence-electron chi connectivity index (χ4n) is 2.63. The molecular formula is C18H28N5O2S+. The Morgan fingerprint density at radius 3 is 2.46 bits per heavy atom. The highest BCUT2D eigenvalue weighted by atomic mass is 32.1. The molecule has 1 atom stereocenters. The van der Waals surface area contributed by atoms with E-state index in [4.69, 9.17) is 17.0 Å². The van der Waals surface area contributed by atoms with E-state index in [1.54, 1.807) is 11.8 Å². The molecule has 1 aromatic carbocycles. The highest BCUT2D eigenvalue weighted by Crippen LogP contribution is 2.20. The summed E-state index contributed by atoms with van der Waals surface area (Å²) in [7, 11) is 5.48. The molecule has 0 aliphatic heterocycles. The van der Waals surface area contributed by atoms with Crippen LogP contribution in [0.15, 0.2) is 24.3 Å². The second-order valence-electron chi connectivity index (χ2n) is 7.48. The molecule has 2 N–H and O–H groups in total. The monoisotopic (exact) mass is 378 g/mol. The fraction of sp³-hybridized carbons (Fsp3) is 0.500. The first-order valence-electron chi connectivity index (χ1n) is 8.51. The second-order valence-corrected chi connectivity index (χ2v) is 7.85. The number of likely N-dealkylation sites (N-methyl/N-ethyl adjacent to an activating group) is 1. The van der Waals surface area contributed by atoms with Gasteiger partial charge >= 0.3 is 0 Å². The standard InChI is InChI=1S/C18H27N5O2S/c1-18(2,3)19-15(24)11-21(4)12-23-17(26)22(5)16(20-23)13-7-9-14(25-6)10-8-13/h7-10H,11-12H2,1-6H3,(H,19,24)/p+1. The van der Waals surface area contributed by atoms with E-state index in [0.717, 1.165) is 22.0 Å². The summed E-state index contributed by atoms with van der Waals surface area (Å²) in [5.74, 6) is 1.58. The van der Waals surface area contributed by atoms with Gasteiger partial charge in [-0.1, -0.05) is 0 Å². The van der Waals surface area contributed by atoms with Crippen LogP contribution in [0.25, 0.3) is 11.4 Å². The van der Waals surface area contributed by atoms with Crippen LogP contribution in [0.5, 0.6) is 5.75 Å². The Morgan fingerprint density at radius 1 is 1.31 bits per heavy atom. The van der Waals surface area contributed by atoms with Gasteiger partial charge in [0.15, 0.2) is 19.0 Å². The van der Waals surface area contributed by atoms with E-state index in [1.165, 1.54) is 0 Å². The number of nitrogens with zero attached hydrogens (tertiary/aromatic N) is 3. The quantitative estimate of drug-likeness (QED) is 0.737. The summed E-state index contributed by atoms with van der Waals surface area (Å²) in [6.07, 6.45) is 0. The second kappa shape index (κ2) is 8.01. The molecule has 2 rings (SSSR count). The van der Waals surface area contributed by atoms with E-state index in [9.17, 15) is 4.79 Å². The van der Waals surface area contributed by atoms with Crippen molar-refractivity contribution < 1.29 is 14.4 Å². The molecule has 7 nitrogen and oxygen atoms in total. The van der Waals surface area contributed by atoms with Crippen molar-refractivity contribution in [1.82, 2.24) is 19.7 Å². The van der Waals surface area contributed by atoms with Crippen molar-refractivity contribution in [2.24, 2.45) is 7.05 Å². The van der Waals surface area contributed by atoms with Gasteiger partial charge in [0.25, 0.3) is 5.91 Å². The van der Waals surface area contributed by atoms with Crippen molar-refractivity contribution >= 4 is 18.1 Å². The summed E-state index contributed by atoms with van der Waals surface area (Å²) in [4.78, 5) is 13.1. The minimum Gasteiger partial charge on any atom is -0.497 e. The van der Waals surface area contributed by atoms with Crippen molar-refractivity contribution in [3.8, 4) is 17.1 Å². The number of quaternary nitrogens is 1. The zero-order valence-corrected chi connectivity index (χ0v) is 17.1. The lowest BCUT2D eigenvalue weighted by Gasteiger charge is -2.21. The number of rotatable bonds is 6. The van der Waals surface area contributed by atoms with Crippen LogP contribution >= 0.6 is 12.2 Å². The van der Waals surface area contributed by atoms with Crippen molar-refractivity contribution in [3.63, 3.8) is 0 Å². The Kier molecular flexibility index (Phi) is 6.20. The lowest BCUT2D eigenvalue weighted by molar-refractivity contribution is -0.895. The molecule has 2 aromatic rings. The Hall–Kier alpha value is -2.19. The third kappa shape index (κ3) is 5.15. The summed E-state index contributed by atoms with van der Waals surface area (Å²) in [6, 6.07) is 7.69. The van der Waals surface area contributed by atoms with Gasteiger partial charge in [0, 0.05) is 18.2 Å². The lowest BCUT2D eigenvalue weighted by atomic mass is 10.1. The minimum absolute atomic E-state index is 0.00725. The summed E-state index contributed by atoms with van der Waals surface area (Å²) in [5, 5.41) is 7.61. The van der Waals surface area contributed by atoms with Crippen molar-refractivity contribution in [3.05, 3.63) is 29.0 Å². The van der Waals surface area contributed by atoms with Gasteiger partial charge in [0.05, 0.1) is 14.2 Å². The first-order chi connectivity index (χ1) is 12.1. The predicted octanol–water partition coefficient (Wildman–Crippen LogP) is 1.01. The van der Waals surface area contributed by atoms with Gasteiger partial charge in [-0.2, -0.15) is 4.68 Å². The Labute approximate surface area is 159 Å². The molecule has 1 amide bonds. The number of methoxy groups -OCH3 is 1. The molecular weight excluding hydrogens is 350 g/mol. The van der Waals surface area contributed by atoms with Gasteiger partial charge in [-0.25, -0.2) is 0 Å². The molecule has 26 heavy (non-hydrogen) atoms. The maximum Gasteiger partial charge on any atom is 0.275 e. The number of ether oxygens (including phenoxy) is 1. The molecule has 0 aliphatic carbocycles. The summed E-state index contributed by atoms with van der Waals surface area (Å²) in [6.45, 7) is 6.77. The average molecular weight is 379 g/mol. The Balaban J connectivity index is 2.13. The fourth-order valence-corrected chi connectivity index (χ4v) is 2.82. The zero-order chi connectivity index (χ0) is 19.5. The smallest absolute Gasteiger partial charge is 0.275 e. The molecule has 0 saturated heterocycles. The van der Waals surface area contributed by atoms with Crippen LogP contribution in [-0.4, -0.2) is 46.5 Å². The van der Waals surface area contributed by atoms with Gasteiger partial charge in [-0.15, -0.1) is 5.10 Å². The topological polar surface area (TPSA) is 65.5 Å². The highest BCUT2D eigenvalue weighted by Gasteiger charge is 2.18. The average Bonchev–Trinajstić information content (AvgIpc) is 2.81. The van der Waals surface area contributed by atoms with Crippen LogP contribution < -0.4 is 15.0 Å². The maximum atomic E-state index is 12.1. The van der Waals surface area contributed by atoms with Crippen LogP contribution in [0.1, 0.15) is 20.8 Å². The third-order valence-corrected chi connectivity index (χ3v) is 4.27. The molecule has 0 bridgehead atoms. The number of hydrogen-bond acceptors (Lipinski definition) is 4. The normalized spacial score (nSPS) is 12.7. The van der Waals surface area contributed by atoms with Crippen LogP contribution in [0, 0.1) is 4.77 Å². The molecule has 0 spiro atoms. The van der Waals surface area contributed by atoms with Crippen molar-refractivity contribution in [2.45, 2.75) is 33.0 Å². The molecule has 1 heterocycles. The van der Waals surface area contributed by atoms with E-state index >= 15 is 0 Å². The van der Waals surface area contributed by atoms with Crippen LogP contribution in [0.2, 0.25) is 0 Å². The molecule has 0 fully saturated rings. The van der Waals surface area contributed by atoms with E-state index in [1.807, 2.05) is 63.7 Å². The largest absolute Gasteiger partial charge is 0.497 e. The molecule has 1 unspecified atom stereocenters. The molecule has 1 aromatic heterocycles. The number of benzene rings is 1. The molecule has 0 radical (unpaired) electrons. The van der Waals surface area contributed by atoms with Crippen molar-refractivity contribution in [1.29, 1.82) is 0 Å². The number of carbonyl (C=O) groups excluding carboxylic acids is 1. The van der Waals surface area contributed by atoms with Gasteiger partial charge < -0.3 is 19.5 Å². The summed E-state index contributed by atoms with van der Waals surface area (Å²) < 4.78 is 9.44. The number of hydrogen-bond donors (Lipinski definition) is 2. The minimum atomic E-state index is -0.236. The zero-order valence-electron chi connectivity index (χ0n) is 16.3. The number of aromatic nitrogens is 3. The maximum absolute atomic E-state index is 12.1. The number of carbonyl (C=O) groups is 1. The van der Waals surface area contributed by atoms with Crippen LogP contribution in [-0.2, 0) is 18.5 Å². The predicted molar refractivity (Wildman–Crippen MR) is 104 cm³/mol. The van der Waals surface area contributed by atoms with Crippen LogP contribution in [0.3, 0.4) is 0 Å². The lowest BCUT2D eigenvalue weighted by Crippen LogP contribution is -3.09. The van der Waals surface area contributed by atoms with Crippen LogP contribution in [0.4, 0.5) is 0 Å². The van der Waals surface area contributed by atoms with Gasteiger partial charge in [0.2, 0.25) is 4.77 Å². The summed E-state index contributed by atoms with van der Waals surface area (Å²) >= 11 is 5.51. The molecule has 0 aliphatic rings. The summed E-state index contributed by atoms with van der Waals surface area (Å²) in [5.41, 5.74) is 0.724. The van der Waals surface area contributed by atoms with E-state index in [2.05, 4.69) is 10.4 Å². The van der Waals surface area contributed by atoms with E-state index in [-0.39, 0.29) is 11.4 Å².